The molecule has 10 nitrogen and oxygen atoms in total. The summed E-state index contributed by atoms with van der Waals surface area (Å²) >= 11 is 0. The Morgan fingerprint density at radius 2 is 1.40 bits per heavy atom. The Labute approximate surface area is 255 Å². The lowest BCUT2D eigenvalue weighted by Crippen LogP contribution is -2.56. The van der Waals surface area contributed by atoms with E-state index in [1.54, 1.807) is 66.7 Å². The molecule has 4 unspecified atom stereocenters. The van der Waals surface area contributed by atoms with Crippen molar-refractivity contribution in [2.24, 2.45) is 0 Å². The monoisotopic (exact) mass is 597 g/mol. The minimum atomic E-state index is -1.34. The molecule has 0 aromatic heterocycles. The molecule has 236 valence electrons. The van der Waals surface area contributed by atoms with E-state index in [0.29, 0.717) is 6.42 Å². The fraction of sp³-hybridized carbons (Fsp3) is 0.515. The minimum Gasteiger partial charge on any atom is -0.508 e. The van der Waals surface area contributed by atoms with E-state index < -0.39 is 59.2 Å². The molecule has 0 saturated carbocycles. The highest BCUT2D eigenvalue weighted by Crippen LogP contribution is 2.32. The van der Waals surface area contributed by atoms with Crippen molar-refractivity contribution >= 4 is 23.9 Å². The number of nitrogens with one attached hydrogen (secondary N) is 2. The summed E-state index contributed by atoms with van der Waals surface area (Å²) in [4.78, 5) is 55.4. The van der Waals surface area contributed by atoms with Crippen LogP contribution < -0.4 is 10.6 Å². The van der Waals surface area contributed by atoms with Crippen LogP contribution in [0.1, 0.15) is 85.9 Å². The first-order chi connectivity index (χ1) is 19.9. The minimum absolute atomic E-state index is 0.142. The van der Waals surface area contributed by atoms with Crippen LogP contribution in [0.2, 0.25) is 0 Å². The van der Waals surface area contributed by atoms with Crippen LogP contribution in [0.5, 0.6) is 5.75 Å². The standard InChI is InChI=1S/C33H47N3O7/c1-10-21(2)36(29(39)22(3)34-31(41)43-33(7,8)9)27(24-18-14-15-19-26(24)37)28(38)35-25(30(40)42-32(4,5)6)20-23-16-12-11-13-17-23/h11-19,21-22,25,27,37H,10,20H2,1-9H3,(H,34,41)(H,35,38). The predicted molar refractivity (Wildman–Crippen MR) is 164 cm³/mol. The number of amides is 3. The second-order valence-corrected chi connectivity index (χ2v) is 12.6. The molecular formula is C33H47N3O7. The van der Waals surface area contributed by atoms with Crippen molar-refractivity contribution in [3.05, 3.63) is 65.7 Å². The molecule has 3 amide bonds. The Bertz CT molecular complexity index is 1250. The number of phenolic OH excluding ortho intramolecular Hbond substituents is 1. The number of hydrogen-bond acceptors (Lipinski definition) is 7. The van der Waals surface area contributed by atoms with Crippen molar-refractivity contribution in [2.45, 2.75) is 111 Å². The quantitative estimate of drug-likeness (QED) is 0.309. The van der Waals surface area contributed by atoms with Gasteiger partial charge in [-0.2, -0.15) is 0 Å². The highest BCUT2D eigenvalue weighted by Gasteiger charge is 2.40. The van der Waals surface area contributed by atoms with Gasteiger partial charge in [-0.15, -0.1) is 0 Å². The van der Waals surface area contributed by atoms with E-state index in [4.69, 9.17) is 9.47 Å². The number of aromatic hydroxyl groups is 1. The van der Waals surface area contributed by atoms with Crippen LogP contribution in [0.25, 0.3) is 0 Å². The second kappa shape index (κ2) is 14.9. The van der Waals surface area contributed by atoms with Gasteiger partial charge in [0.2, 0.25) is 11.8 Å². The van der Waals surface area contributed by atoms with Crippen molar-refractivity contribution in [1.82, 2.24) is 15.5 Å². The normalized spacial score (nSPS) is 14.4. The number of alkyl carbamates (subject to hydrolysis) is 1. The summed E-state index contributed by atoms with van der Waals surface area (Å²) in [6.45, 7) is 15.5. The van der Waals surface area contributed by atoms with Gasteiger partial charge >= 0.3 is 12.1 Å². The average molecular weight is 598 g/mol. The van der Waals surface area contributed by atoms with Gasteiger partial charge in [-0.25, -0.2) is 9.59 Å². The van der Waals surface area contributed by atoms with Gasteiger partial charge in [0.15, 0.2) is 0 Å². The molecule has 2 aromatic rings. The molecule has 4 atom stereocenters. The molecular weight excluding hydrogens is 550 g/mol. The molecule has 0 bridgehead atoms. The third-order valence-corrected chi connectivity index (χ3v) is 6.47. The number of phenols is 1. The zero-order valence-corrected chi connectivity index (χ0v) is 26.8. The molecule has 10 heteroatoms. The first-order valence-electron chi connectivity index (χ1n) is 14.6. The average Bonchev–Trinajstić information content (AvgIpc) is 2.89. The van der Waals surface area contributed by atoms with E-state index in [9.17, 15) is 24.3 Å². The van der Waals surface area contributed by atoms with Crippen LogP contribution >= 0.6 is 0 Å². The summed E-state index contributed by atoms with van der Waals surface area (Å²) in [5, 5.41) is 16.2. The SMILES string of the molecule is CCC(C)N(C(=O)C(C)NC(=O)OC(C)(C)C)C(C(=O)NC(Cc1ccccc1)C(=O)OC(C)(C)C)c1ccccc1O. The molecule has 0 radical (unpaired) electrons. The summed E-state index contributed by atoms with van der Waals surface area (Å²) in [5.41, 5.74) is -0.629. The van der Waals surface area contributed by atoms with Gasteiger partial charge in [0, 0.05) is 18.0 Å². The lowest BCUT2D eigenvalue weighted by Gasteiger charge is -2.38. The van der Waals surface area contributed by atoms with E-state index >= 15 is 0 Å². The lowest BCUT2D eigenvalue weighted by atomic mass is 9.98. The maximum absolute atomic E-state index is 14.2. The molecule has 2 aromatic carbocycles. The number of ether oxygens (including phenoxy) is 2. The van der Waals surface area contributed by atoms with Crippen LogP contribution in [-0.2, 0) is 30.3 Å². The number of para-hydroxylation sites is 1. The fourth-order valence-electron chi connectivity index (χ4n) is 4.37. The van der Waals surface area contributed by atoms with E-state index in [0.717, 1.165) is 5.56 Å². The molecule has 0 fully saturated rings. The zero-order chi connectivity index (χ0) is 32.5. The molecule has 0 heterocycles. The maximum Gasteiger partial charge on any atom is 0.408 e. The Kier molecular flexibility index (Phi) is 12.2. The van der Waals surface area contributed by atoms with Crippen molar-refractivity contribution in [3.63, 3.8) is 0 Å². The third-order valence-electron chi connectivity index (χ3n) is 6.47. The number of hydrogen-bond donors (Lipinski definition) is 3. The van der Waals surface area contributed by atoms with Crippen molar-refractivity contribution in [1.29, 1.82) is 0 Å². The van der Waals surface area contributed by atoms with Crippen LogP contribution in [0.4, 0.5) is 4.79 Å². The first-order valence-corrected chi connectivity index (χ1v) is 14.6. The summed E-state index contributed by atoms with van der Waals surface area (Å²) < 4.78 is 11.0. The Hall–Kier alpha value is -4.08. The number of carbonyl (C=O) groups is 4. The van der Waals surface area contributed by atoms with Gasteiger partial charge < -0.3 is 30.1 Å². The summed E-state index contributed by atoms with van der Waals surface area (Å²) in [6.07, 6.45) is -0.182. The summed E-state index contributed by atoms with van der Waals surface area (Å²) in [6, 6.07) is 11.4. The number of esters is 1. The van der Waals surface area contributed by atoms with Gasteiger partial charge in [0.25, 0.3) is 0 Å². The highest BCUT2D eigenvalue weighted by molar-refractivity contribution is 5.94. The van der Waals surface area contributed by atoms with Gasteiger partial charge in [-0.3, -0.25) is 9.59 Å². The van der Waals surface area contributed by atoms with Crippen LogP contribution in [0.3, 0.4) is 0 Å². The van der Waals surface area contributed by atoms with Crippen LogP contribution in [-0.4, -0.2) is 63.2 Å². The zero-order valence-electron chi connectivity index (χ0n) is 26.8. The van der Waals surface area contributed by atoms with E-state index in [1.165, 1.54) is 17.9 Å². The number of nitrogens with zero attached hydrogens (tertiary/aromatic N) is 1. The topological polar surface area (TPSA) is 134 Å². The van der Waals surface area contributed by atoms with Crippen molar-refractivity contribution in [2.75, 3.05) is 0 Å². The number of rotatable bonds is 11. The third kappa shape index (κ3) is 10.9. The Balaban J connectivity index is 2.55. The van der Waals surface area contributed by atoms with Crippen molar-refractivity contribution < 1.29 is 33.8 Å². The maximum atomic E-state index is 14.2. The fourth-order valence-corrected chi connectivity index (χ4v) is 4.37. The molecule has 0 aliphatic heterocycles. The molecule has 0 aliphatic carbocycles. The number of carbonyl (C=O) groups excluding carboxylic acids is 4. The highest BCUT2D eigenvalue weighted by atomic mass is 16.6. The van der Waals surface area contributed by atoms with Gasteiger partial charge in [0.05, 0.1) is 0 Å². The molecule has 0 saturated heterocycles. The van der Waals surface area contributed by atoms with Crippen LogP contribution in [0.15, 0.2) is 54.6 Å². The summed E-state index contributed by atoms with van der Waals surface area (Å²) in [5.74, 6) is -2.10. The lowest BCUT2D eigenvalue weighted by molar-refractivity contribution is -0.159. The van der Waals surface area contributed by atoms with Gasteiger partial charge in [-0.1, -0.05) is 55.5 Å². The summed E-state index contributed by atoms with van der Waals surface area (Å²) in [7, 11) is 0. The predicted octanol–water partition coefficient (Wildman–Crippen LogP) is 5.04. The van der Waals surface area contributed by atoms with Crippen LogP contribution in [0, 0.1) is 0 Å². The molecule has 2 rings (SSSR count). The van der Waals surface area contributed by atoms with E-state index in [-0.39, 0.29) is 17.7 Å². The molecule has 43 heavy (non-hydrogen) atoms. The van der Waals surface area contributed by atoms with Gasteiger partial charge in [0.1, 0.15) is 35.1 Å². The molecule has 0 spiro atoms. The van der Waals surface area contributed by atoms with Crippen molar-refractivity contribution in [3.8, 4) is 5.75 Å². The van der Waals surface area contributed by atoms with E-state index in [2.05, 4.69) is 10.6 Å². The Morgan fingerprint density at radius 3 is 1.93 bits per heavy atom. The van der Waals surface area contributed by atoms with Gasteiger partial charge in [-0.05, 0) is 73.4 Å². The Morgan fingerprint density at radius 1 is 0.837 bits per heavy atom. The smallest absolute Gasteiger partial charge is 0.408 e. The van der Waals surface area contributed by atoms with E-state index in [1.807, 2.05) is 37.3 Å². The second-order valence-electron chi connectivity index (χ2n) is 12.6. The largest absolute Gasteiger partial charge is 0.508 e. The number of benzene rings is 2. The molecule has 3 N–H and O–H groups in total. The first kappa shape index (κ1) is 35.1. The molecule has 0 aliphatic rings.